The summed E-state index contributed by atoms with van der Waals surface area (Å²) in [6.45, 7) is 4.17. The number of carbonyl (C=O) groups excluding carboxylic acids is 2. The van der Waals surface area contributed by atoms with Crippen LogP contribution in [0.15, 0.2) is 23.1 Å². The first-order valence-corrected chi connectivity index (χ1v) is 10.7. The van der Waals surface area contributed by atoms with E-state index in [9.17, 15) is 14.4 Å². The molecular weight excluding hydrogens is 372 g/mol. The molecule has 158 valence electrons. The molecule has 2 atom stereocenters. The van der Waals surface area contributed by atoms with E-state index in [4.69, 9.17) is 4.74 Å². The van der Waals surface area contributed by atoms with Gasteiger partial charge >= 0.3 is 0 Å². The number of H-pyrrole nitrogens is 1. The van der Waals surface area contributed by atoms with Crippen LogP contribution in [0.2, 0.25) is 0 Å². The van der Waals surface area contributed by atoms with Gasteiger partial charge < -0.3 is 19.9 Å². The second kappa shape index (κ2) is 9.09. The SMILES string of the molecule is O=C(NC[C@@H]1CC[C@H](CC(=O)N2CCOCC2)N1CC1CC1)c1cc[nH]c(=O)c1. The topological polar surface area (TPSA) is 94.7 Å². The molecule has 3 aliphatic rings. The van der Waals surface area contributed by atoms with Gasteiger partial charge in [-0.2, -0.15) is 0 Å². The predicted octanol–water partition coefficient (Wildman–Crippen LogP) is 0.597. The highest BCUT2D eigenvalue weighted by Gasteiger charge is 2.38. The van der Waals surface area contributed by atoms with E-state index >= 15 is 0 Å². The first-order chi connectivity index (χ1) is 14.1. The van der Waals surface area contributed by atoms with Crippen LogP contribution < -0.4 is 10.9 Å². The summed E-state index contributed by atoms with van der Waals surface area (Å²) in [7, 11) is 0. The van der Waals surface area contributed by atoms with Crippen molar-refractivity contribution in [2.45, 2.75) is 44.2 Å². The average molecular weight is 402 g/mol. The summed E-state index contributed by atoms with van der Waals surface area (Å²) in [6.07, 6.45) is 6.50. The summed E-state index contributed by atoms with van der Waals surface area (Å²) < 4.78 is 5.35. The van der Waals surface area contributed by atoms with Gasteiger partial charge in [0.05, 0.1) is 13.2 Å². The molecule has 8 heteroatoms. The lowest BCUT2D eigenvalue weighted by Gasteiger charge is -2.33. The highest BCUT2D eigenvalue weighted by Crippen LogP contribution is 2.35. The van der Waals surface area contributed by atoms with Gasteiger partial charge in [-0.25, -0.2) is 0 Å². The average Bonchev–Trinajstić information content (AvgIpc) is 3.48. The predicted molar refractivity (Wildman–Crippen MR) is 108 cm³/mol. The number of nitrogens with zero attached hydrogens (tertiary/aromatic N) is 2. The van der Waals surface area contributed by atoms with Gasteiger partial charge in [0.2, 0.25) is 11.5 Å². The smallest absolute Gasteiger partial charge is 0.251 e. The molecule has 1 saturated carbocycles. The summed E-state index contributed by atoms with van der Waals surface area (Å²) in [6, 6.07) is 3.41. The standard InChI is InChI=1S/C21H30N4O4/c26-19-11-16(5-6-22-19)21(28)23-13-18-4-3-17(25(18)14-15-1-2-15)12-20(27)24-7-9-29-10-8-24/h5-6,11,15,17-18H,1-4,7-10,12-14H2,(H,22,26)(H,23,28)/t17-,18+/m1/s1. The number of amides is 2. The fourth-order valence-corrected chi connectivity index (χ4v) is 4.39. The lowest BCUT2D eigenvalue weighted by molar-refractivity contribution is -0.136. The van der Waals surface area contributed by atoms with Crippen LogP contribution >= 0.6 is 0 Å². The van der Waals surface area contributed by atoms with E-state index in [2.05, 4.69) is 15.2 Å². The summed E-state index contributed by atoms with van der Waals surface area (Å²) in [4.78, 5) is 43.5. The molecule has 29 heavy (non-hydrogen) atoms. The van der Waals surface area contributed by atoms with E-state index in [1.807, 2.05) is 4.90 Å². The molecule has 2 amide bonds. The molecule has 3 fully saturated rings. The molecular formula is C21H30N4O4. The molecule has 0 spiro atoms. The molecule has 1 aromatic heterocycles. The van der Waals surface area contributed by atoms with Gasteiger partial charge in [0, 0.05) is 62.5 Å². The molecule has 0 unspecified atom stereocenters. The Morgan fingerprint density at radius 1 is 1.14 bits per heavy atom. The number of aromatic nitrogens is 1. The number of carbonyl (C=O) groups is 2. The van der Waals surface area contributed by atoms with Gasteiger partial charge in [0.15, 0.2) is 0 Å². The largest absolute Gasteiger partial charge is 0.378 e. The van der Waals surface area contributed by atoms with Crippen LogP contribution in [0.5, 0.6) is 0 Å². The summed E-state index contributed by atoms with van der Waals surface area (Å²) in [5.74, 6) is 0.711. The Morgan fingerprint density at radius 2 is 1.90 bits per heavy atom. The van der Waals surface area contributed by atoms with Crippen LogP contribution in [0.3, 0.4) is 0 Å². The molecule has 0 radical (unpaired) electrons. The minimum absolute atomic E-state index is 0.215. The first-order valence-electron chi connectivity index (χ1n) is 10.7. The van der Waals surface area contributed by atoms with E-state index in [-0.39, 0.29) is 29.5 Å². The number of ether oxygens (including phenoxy) is 1. The Kier molecular flexibility index (Phi) is 6.30. The van der Waals surface area contributed by atoms with Crippen LogP contribution in [0.4, 0.5) is 0 Å². The van der Waals surface area contributed by atoms with E-state index in [1.165, 1.54) is 25.1 Å². The third kappa shape index (κ3) is 5.25. The molecule has 0 aromatic carbocycles. The fraction of sp³-hybridized carbons (Fsp3) is 0.667. The number of aromatic amines is 1. The van der Waals surface area contributed by atoms with Crippen LogP contribution in [0, 0.1) is 5.92 Å². The molecule has 2 N–H and O–H groups in total. The van der Waals surface area contributed by atoms with Gasteiger partial charge in [-0.05, 0) is 37.7 Å². The van der Waals surface area contributed by atoms with Crippen molar-refractivity contribution in [1.82, 2.24) is 20.1 Å². The first kappa shape index (κ1) is 20.1. The van der Waals surface area contributed by atoms with E-state index in [0.29, 0.717) is 44.8 Å². The number of likely N-dealkylation sites (tertiary alicyclic amines) is 1. The molecule has 3 heterocycles. The lowest BCUT2D eigenvalue weighted by Crippen LogP contribution is -2.47. The van der Waals surface area contributed by atoms with Crippen molar-refractivity contribution in [2.24, 2.45) is 5.92 Å². The number of hydrogen-bond donors (Lipinski definition) is 2. The molecule has 2 aliphatic heterocycles. The van der Waals surface area contributed by atoms with Crippen LogP contribution in [-0.4, -0.2) is 78.1 Å². The quantitative estimate of drug-likeness (QED) is 0.696. The zero-order valence-electron chi connectivity index (χ0n) is 16.8. The van der Waals surface area contributed by atoms with Crippen molar-refractivity contribution < 1.29 is 14.3 Å². The van der Waals surface area contributed by atoms with Gasteiger partial charge in [0.25, 0.3) is 5.91 Å². The maximum absolute atomic E-state index is 12.7. The number of morpholine rings is 1. The highest BCUT2D eigenvalue weighted by molar-refractivity contribution is 5.93. The van der Waals surface area contributed by atoms with Gasteiger partial charge in [0.1, 0.15) is 0 Å². The van der Waals surface area contributed by atoms with Crippen molar-refractivity contribution in [3.63, 3.8) is 0 Å². The van der Waals surface area contributed by atoms with E-state index < -0.39 is 0 Å². The molecule has 1 aromatic rings. The fourth-order valence-electron chi connectivity index (χ4n) is 4.39. The van der Waals surface area contributed by atoms with Gasteiger partial charge in [-0.3, -0.25) is 19.3 Å². The molecule has 1 aliphatic carbocycles. The maximum atomic E-state index is 12.7. The Labute approximate surface area is 170 Å². The Hall–Kier alpha value is -2.19. The van der Waals surface area contributed by atoms with Crippen LogP contribution in [-0.2, 0) is 9.53 Å². The Bertz CT molecular complexity index is 785. The zero-order valence-corrected chi connectivity index (χ0v) is 16.8. The second-order valence-electron chi connectivity index (χ2n) is 8.37. The van der Waals surface area contributed by atoms with Gasteiger partial charge in [-0.1, -0.05) is 0 Å². The summed E-state index contributed by atoms with van der Waals surface area (Å²) in [5.41, 5.74) is 0.0927. The maximum Gasteiger partial charge on any atom is 0.251 e. The molecule has 8 nitrogen and oxygen atoms in total. The molecule has 4 rings (SSSR count). The zero-order chi connectivity index (χ0) is 20.2. The van der Waals surface area contributed by atoms with Crippen molar-refractivity contribution in [2.75, 3.05) is 39.4 Å². The lowest BCUT2D eigenvalue weighted by atomic mass is 10.1. The third-order valence-electron chi connectivity index (χ3n) is 6.25. The van der Waals surface area contributed by atoms with Gasteiger partial charge in [-0.15, -0.1) is 0 Å². The summed E-state index contributed by atoms with van der Waals surface area (Å²) >= 11 is 0. The van der Waals surface area contributed by atoms with Crippen molar-refractivity contribution in [3.8, 4) is 0 Å². The Morgan fingerprint density at radius 3 is 2.62 bits per heavy atom. The number of rotatable bonds is 7. The summed E-state index contributed by atoms with van der Waals surface area (Å²) in [5, 5.41) is 2.98. The highest BCUT2D eigenvalue weighted by atomic mass is 16.5. The number of hydrogen-bond acceptors (Lipinski definition) is 5. The van der Waals surface area contributed by atoms with E-state index in [1.54, 1.807) is 6.07 Å². The van der Waals surface area contributed by atoms with Crippen LogP contribution in [0.1, 0.15) is 42.5 Å². The van der Waals surface area contributed by atoms with E-state index in [0.717, 1.165) is 25.3 Å². The normalized spacial score (nSPS) is 25.2. The molecule has 2 saturated heterocycles. The van der Waals surface area contributed by atoms with Crippen molar-refractivity contribution in [3.05, 3.63) is 34.2 Å². The Balaban J connectivity index is 1.34. The second-order valence-corrected chi connectivity index (χ2v) is 8.37. The van der Waals surface area contributed by atoms with Crippen molar-refractivity contribution >= 4 is 11.8 Å². The van der Waals surface area contributed by atoms with Crippen molar-refractivity contribution in [1.29, 1.82) is 0 Å². The monoisotopic (exact) mass is 402 g/mol. The minimum Gasteiger partial charge on any atom is -0.378 e. The molecule has 0 bridgehead atoms. The minimum atomic E-state index is -0.282. The van der Waals surface area contributed by atoms with Crippen LogP contribution in [0.25, 0.3) is 0 Å². The number of pyridine rings is 1. The third-order valence-corrected chi connectivity index (χ3v) is 6.25. The number of nitrogens with one attached hydrogen (secondary N) is 2.